The summed E-state index contributed by atoms with van der Waals surface area (Å²) in [7, 11) is 1.81. The number of halogens is 1. The number of fused-ring (bicyclic) bond motifs is 1. The van der Waals surface area contributed by atoms with Crippen LogP contribution in [0.25, 0.3) is 16.7 Å². The lowest BCUT2D eigenvalue weighted by molar-refractivity contribution is 0.419. The van der Waals surface area contributed by atoms with Gasteiger partial charge in [-0.25, -0.2) is 14.1 Å². The molecule has 0 unspecified atom stereocenters. The van der Waals surface area contributed by atoms with Crippen LogP contribution < -0.4 is 5.32 Å². The predicted octanol–water partition coefficient (Wildman–Crippen LogP) is 3.87. The third-order valence-electron chi connectivity index (χ3n) is 4.44. The molecule has 0 bridgehead atoms. The van der Waals surface area contributed by atoms with Gasteiger partial charge < -0.3 is 5.32 Å². The minimum atomic E-state index is -0.300. The lowest BCUT2D eigenvalue weighted by Gasteiger charge is -2.25. The zero-order chi connectivity index (χ0) is 15.1. The molecule has 5 heteroatoms. The van der Waals surface area contributed by atoms with Gasteiger partial charge in [0.2, 0.25) is 0 Å². The summed E-state index contributed by atoms with van der Waals surface area (Å²) < 4.78 is 15.7. The van der Waals surface area contributed by atoms with Gasteiger partial charge in [0.15, 0.2) is 5.65 Å². The number of rotatable bonds is 3. The van der Waals surface area contributed by atoms with Crippen molar-refractivity contribution in [2.24, 2.45) is 0 Å². The number of nitrogens with zero attached hydrogens (tertiary/aromatic N) is 3. The maximum atomic E-state index is 14.1. The fraction of sp³-hybridized carbons (Fsp3) is 0.294. The highest BCUT2D eigenvalue weighted by molar-refractivity contribution is 5.75. The molecule has 0 radical (unpaired) electrons. The van der Waals surface area contributed by atoms with Crippen molar-refractivity contribution in [1.82, 2.24) is 14.8 Å². The van der Waals surface area contributed by atoms with E-state index in [4.69, 9.17) is 0 Å². The third-order valence-corrected chi connectivity index (χ3v) is 4.44. The zero-order valence-corrected chi connectivity index (χ0v) is 12.4. The highest BCUT2D eigenvalue weighted by Crippen LogP contribution is 2.36. The average molecular weight is 296 g/mol. The van der Waals surface area contributed by atoms with Crippen molar-refractivity contribution in [3.05, 3.63) is 48.0 Å². The van der Waals surface area contributed by atoms with Gasteiger partial charge in [0.1, 0.15) is 11.5 Å². The summed E-state index contributed by atoms with van der Waals surface area (Å²) in [6, 6.07) is 7.03. The first-order valence-corrected chi connectivity index (χ1v) is 7.57. The number of hydrogen-bond acceptors (Lipinski definition) is 3. The van der Waals surface area contributed by atoms with Gasteiger partial charge in [-0.3, -0.25) is 0 Å². The SMILES string of the molecule is CNc1ccc(F)c(-n2cc3cc(C4CCC4)cnc3n2)c1. The van der Waals surface area contributed by atoms with Crippen LogP contribution in [0.1, 0.15) is 30.7 Å². The van der Waals surface area contributed by atoms with Gasteiger partial charge >= 0.3 is 0 Å². The van der Waals surface area contributed by atoms with E-state index in [2.05, 4.69) is 21.5 Å². The van der Waals surface area contributed by atoms with Crippen molar-refractivity contribution in [2.75, 3.05) is 12.4 Å². The average Bonchev–Trinajstić information content (AvgIpc) is 2.89. The van der Waals surface area contributed by atoms with E-state index < -0.39 is 0 Å². The Hall–Kier alpha value is -2.43. The summed E-state index contributed by atoms with van der Waals surface area (Å²) in [4.78, 5) is 4.43. The van der Waals surface area contributed by atoms with Crippen LogP contribution in [0.2, 0.25) is 0 Å². The Kier molecular flexibility index (Phi) is 3.06. The van der Waals surface area contributed by atoms with Crippen molar-refractivity contribution in [2.45, 2.75) is 25.2 Å². The van der Waals surface area contributed by atoms with Crippen LogP contribution in [0.3, 0.4) is 0 Å². The normalized spacial score (nSPS) is 15.0. The van der Waals surface area contributed by atoms with Crippen LogP contribution in [-0.4, -0.2) is 21.8 Å². The summed E-state index contributed by atoms with van der Waals surface area (Å²) in [5.74, 6) is 0.329. The Labute approximate surface area is 128 Å². The fourth-order valence-electron chi connectivity index (χ4n) is 2.86. The van der Waals surface area contributed by atoms with Crippen molar-refractivity contribution in [1.29, 1.82) is 0 Å². The molecular weight excluding hydrogens is 279 g/mol. The van der Waals surface area contributed by atoms with Gasteiger partial charge in [-0.15, -0.1) is 5.10 Å². The van der Waals surface area contributed by atoms with Crippen LogP contribution in [0.4, 0.5) is 10.1 Å². The molecule has 0 aliphatic heterocycles. The summed E-state index contributed by atoms with van der Waals surface area (Å²) >= 11 is 0. The topological polar surface area (TPSA) is 42.7 Å². The molecule has 1 N–H and O–H groups in total. The summed E-state index contributed by atoms with van der Waals surface area (Å²) in [6.45, 7) is 0. The summed E-state index contributed by atoms with van der Waals surface area (Å²) in [5, 5.41) is 8.37. The molecule has 1 fully saturated rings. The minimum Gasteiger partial charge on any atom is -0.388 e. The van der Waals surface area contributed by atoms with Gasteiger partial charge in [0, 0.05) is 30.5 Å². The van der Waals surface area contributed by atoms with Crippen LogP contribution in [-0.2, 0) is 0 Å². The fourth-order valence-corrected chi connectivity index (χ4v) is 2.86. The zero-order valence-electron chi connectivity index (χ0n) is 12.4. The van der Waals surface area contributed by atoms with E-state index in [-0.39, 0.29) is 5.82 Å². The van der Waals surface area contributed by atoms with E-state index in [1.807, 2.05) is 19.4 Å². The van der Waals surface area contributed by atoms with Crippen molar-refractivity contribution in [3.8, 4) is 5.69 Å². The largest absolute Gasteiger partial charge is 0.388 e. The minimum absolute atomic E-state index is 0.300. The second kappa shape index (κ2) is 5.09. The maximum Gasteiger partial charge on any atom is 0.181 e. The Balaban J connectivity index is 1.79. The maximum absolute atomic E-state index is 14.1. The van der Waals surface area contributed by atoms with E-state index >= 15 is 0 Å². The first kappa shape index (κ1) is 13.2. The molecule has 22 heavy (non-hydrogen) atoms. The van der Waals surface area contributed by atoms with E-state index in [1.54, 1.807) is 16.8 Å². The van der Waals surface area contributed by atoms with E-state index in [1.165, 1.54) is 30.9 Å². The van der Waals surface area contributed by atoms with Crippen LogP contribution in [0, 0.1) is 5.82 Å². The molecule has 3 aromatic rings. The number of benzene rings is 1. The Morgan fingerprint density at radius 3 is 2.86 bits per heavy atom. The van der Waals surface area contributed by atoms with E-state index in [0.717, 1.165) is 11.1 Å². The Morgan fingerprint density at radius 2 is 2.14 bits per heavy atom. The molecule has 2 heterocycles. The van der Waals surface area contributed by atoms with Gasteiger partial charge in [0.05, 0.1) is 0 Å². The van der Waals surface area contributed by atoms with Gasteiger partial charge in [-0.2, -0.15) is 0 Å². The molecule has 0 saturated heterocycles. The molecule has 1 saturated carbocycles. The smallest absolute Gasteiger partial charge is 0.181 e. The number of anilines is 1. The molecule has 2 aromatic heterocycles. The molecule has 1 aliphatic carbocycles. The summed E-state index contributed by atoms with van der Waals surface area (Å²) in [5.41, 5.74) is 3.19. The van der Waals surface area contributed by atoms with Crippen LogP contribution in [0.5, 0.6) is 0 Å². The van der Waals surface area contributed by atoms with Gasteiger partial charge in [-0.05, 0) is 48.6 Å². The molecular formula is C17H17FN4. The van der Waals surface area contributed by atoms with Crippen LogP contribution in [0.15, 0.2) is 36.7 Å². The number of aromatic nitrogens is 3. The molecule has 0 spiro atoms. The molecule has 4 rings (SSSR count). The number of nitrogens with one attached hydrogen (secondary N) is 1. The second-order valence-corrected chi connectivity index (χ2v) is 5.80. The van der Waals surface area contributed by atoms with E-state index in [0.29, 0.717) is 17.3 Å². The number of pyridine rings is 1. The predicted molar refractivity (Wildman–Crippen MR) is 85.0 cm³/mol. The standard InChI is InChI=1S/C17H17FN4/c1-19-14-5-6-15(18)16(8-14)22-10-13-7-12(11-3-2-4-11)9-20-17(13)21-22/h5-11,19H,2-4H2,1H3. The molecule has 112 valence electrons. The quantitative estimate of drug-likeness (QED) is 0.798. The molecule has 1 aliphatic rings. The Bertz CT molecular complexity index is 836. The van der Waals surface area contributed by atoms with Crippen molar-refractivity contribution in [3.63, 3.8) is 0 Å². The molecule has 0 atom stereocenters. The van der Waals surface area contributed by atoms with E-state index in [9.17, 15) is 4.39 Å². The van der Waals surface area contributed by atoms with Gasteiger partial charge in [-0.1, -0.05) is 6.42 Å². The first-order valence-electron chi connectivity index (χ1n) is 7.57. The molecule has 1 aromatic carbocycles. The van der Waals surface area contributed by atoms with Gasteiger partial charge in [0.25, 0.3) is 0 Å². The Morgan fingerprint density at radius 1 is 1.27 bits per heavy atom. The highest BCUT2D eigenvalue weighted by Gasteiger charge is 2.20. The summed E-state index contributed by atoms with van der Waals surface area (Å²) in [6.07, 6.45) is 7.52. The molecule has 4 nitrogen and oxygen atoms in total. The number of hydrogen-bond donors (Lipinski definition) is 1. The molecule has 0 amide bonds. The second-order valence-electron chi connectivity index (χ2n) is 5.80. The highest BCUT2D eigenvalue weighted by atomic mass is 19.1. The van der Waals surface area contributed by atoms with Crippen molar-refractivity contribution >= 4 is 16.7 Å². The first-order chi connectivity index (χ1) is 10.7. The lowest BCUT2D eigenvalue weighted by Crippen LogP contribution is -2.08. The van der Waals surface area contributed by atoms with Crippen molar-refractivity contribution < 1.29 is 4.39 Å². The monoisotopic (exact) mass is 296 g/mol. The third kappa shape index (κ3) is 2.13. The lowest BCUT2D eigenvalue weighted by atomic mass is 9.80. The van der Waals surface area contributed by atoms with Crippen LogP contribution >= 0.6 is 0 Å².